The van der Waals surface area contributed by atoms with E-state index in [1.807, 2.05) is 36.4 Å². The summed E-state index contributed by atoms with van der Waals surface area (Å²) in [7, 11) is 2.17. The van der Waals surface area contributed by atoms with Crippen LogP contribution in [-0.2, 0) is 6.54 Å². The molecule has 5 heteroatoms. The molecule has 1 aliphatic heterocycles. The summed E-state index contributed by atoms with van der Waals surface area (Å²) in [6.07, 6.45) is 2.22. The number of rotatable bonds is 5. The molecule has 1 fully saturated rings. The maximum Gasteiger partial charge on any atom is 0.108 e. The predicted molar refractivity (Wildman–Crippen MR) is 99.8 cm³/mol. The van der Waals surface area contributed by atoms with Gasteiger partial charge in [-0.15, -0.1) is 4.91 Å². The summed E-state index contributed by atoms with van der Waals surface area (Å²) in [5, 5.41) is 11.8. The topological polar surface area (TPSA) is 59.7 Å². The number of benzene rings is 2. The highest BCUT2D eigenvalue weighted by Gasteiger charge is 2.22. The van der Waals surface area contributed by atoms with Crippen LogP contribution in [0, 0.1) is 16.2 Å². The average Bonchev–Trinajstić information content (AvgIpc) is 2.69. The fourth-order valence-electron chi connectivity index (χ4n) is 3.39. The smallest absolute Gasteiger partial charge is 0.108 e. The summed E-state index contributed by atoms with van der Waals surface area (Å²) < 4.78 is 0. The number of nitroso groups, excluding NO2 is 1. The van der Waals surface area contributed by atoms with E-state index in [0.717, 1.165) is 38.2 Å². The molecule has 0 saturated carbocycles. The Hall–Kier alpha value is -2.71. The minimum absolute atomic E-state index is 0.473. The van der Waals surface area contributed by atoms with Gasteiger partial charge in [0, 0.05) is 31.4 Å². The van der Waals surface area contributed by atoms with E-state index in [1.165, 1.54) is 5.56 Å². The van der Waals surface area contributed by atoms with Crippen molar-refractivity contribution in [3.05, 3.63) is 64.6 Å². The van der Waals surface area contributed by atoms with Gasteiger partial charge in [-0.3, -0.25) is 4.90 Å². The second kappa shape index (κ2) is 7.91. The zero-order valence-electron chi connectivity index (χ0n) is 14.4. The molecular weight excluding hydrogens is 312 g/mol. The summed E-state index contributed by atoms with van der Waals surface area (Å²) in [5.74, 6) is 0. The number of piperidine rings is 1. The Bertz CT molecular complexity index is 741. The molecule has 5 nitrogen and oxygen atoms in total. The van der Waals surface area contributed by atoms with E-state index in [2.05, 4.69) is 28.1 Å². The van der Waals surface area contributed by atoms with Crippen LogP contribution in [0.5, 0.6) is 0 Å². The number of hydrogen-bond acceptors (Lipinski definition) is 5. The van der Waals surface area contributed by atoms with E-state index in [4.69, 9.17) is 5.26 Å². The minimum atomic E-state index is 0.473. The van der Waals surface area contributed by atoms with Crippen LogP contribution in [0.3, 0.4) is 0 Å². The SMILES string of the molecule is CN(Cc1ccc(C#N)cc1)C1CCN(c2ccc(N=O)cc2)CC1. The molecule has 2 aromatic carbocycles. The summed E-state index contributed by atoms with van der Waals surface area (Å²) in [6, 6.07) is 18.0. The normalized spacial score (nSPS) is 15.2. The molecule has 0 atom stereocenters. The van der Waals surface area contributed by atoms with Crippen molar-refractivity contribution in [1.29, 1.82) is 5.26 Å². The molecule has 0 aliphatic carbocycles. The zero-order valence-corrected chi connectivity index (χ0v) is 14.4. The molecule has 1 saturated heterocycles. The molecule has 1 heterocycles. The van der Waals surface area contributed by atoms with Crippen LogP contribution in [0.2, 0.25) is 0 Å². The van der Waals surface area contributed by atoms with Gasteiger partial charge in [-0.25, -0.2) is 0 Å². The third-order valence-corrected chi connectivity index (χ3v) is 4.92. The Labute approximate surface area is 148 Å². The summed E-state index contributed by atoms with van der Waals surface area (Å²) in [5.41, 5.74) is 3.57. The van der Waals surface area contributed by atoms with Gasteiger partial charge < -0.3 is 4.90 Å². The van der Waals surface area contributed by atoms with E-state index >= 15 is 0 Å². The van der Waals surface area contributed by atoms with Crippen LogP contribution < -0.4 is 4.90 Å². The van der Waals surface area contributed by atoms with Crippen LogP contribution in [0.15, 0.2) is 53.7 Å². The molecule has 0 unspecified atom stereocenters. The first-order valence-electron chi connectivity index (χ1n) is 8.57. The average molecular weight is 334 g/mol. The minimum Gasteiger partial charge on any atom is -0.371 e. The number of anilines is 1. The van der Waals surface area contributed by atoms with Crippen molar-refractivity contribution in [2.75, 3.05) is 25.0 Å². The molecule has 0 radical (unpaired) electrons. The highest BCUT2D eigenvalue weighted by Crippen LogP contribution is 2.25. The number of nitrogens with zero attached hydrogens (tertiary/aromatic N) is 4. The van der Waals surface area contributed by atoms with Crippen molar-refractivity contribution in [2.45, 2.75) is 25.4 Å². The molecule has 2 aromatic rings. The first-order chi connectivity index (χ1) is 12.2. The lowest BCUT2D eigenvalue weighted by Gasteiger charge is -2.38. The Morgan fingerprint density at radius 3 is 2.32 bits per heavy atom. The van der Waals surface area contributed by atoms with Crippen molar-refractivity contribution >= 4 is 11.4 Å². The Morgan fingerprint density at radius 1 is 1.12 bits per heavy atom. The Balaban J connectivity index is 1.53. The summed E-state index contributed by atoms with van der Waals surface area (Å²) in [4.78, 5) is 15.3. The second-order valence-corrected chi connectivity index (χ2v) is 6.55. The van der Waals surface area contributed by atoms with E-state index < -0.39 is 0 Å². The van der Waals surface area contributed by atoms with Gasteiger partial charge in [-0.1, -0.05) is 12.1 Å². The highest BCUT2D eigenvalue weighted by molar-refractivity contribution is 5.53. The fourth-order valence-corrected chi connectivity index (χ4v) is 3.39. The Morgan fingerprint density at radius 2 is 1.76 bits per heavy atom. The van der Waals surface area contributed by atoms with Crippen molar-refractivity contribution in [1.82, 2.24) is 4.90 Å². The predicted octanol–water partition coefficient (Wildman–Crippen LogP) is 4.06. The van der Waals surface area contributed by atoms with E-state index in [1.54, 1.807) is 12.1 Å². The van der Waals surface area contributed by atoms with Crippen LogP contribution in [0.4, 0.5) is 11.4 Å². The lowest BCUT2D eigenvalue weighted by atomic mass is 10.0. The number of hydrogen-bond donors (Lipinski definition) is 0. The van der Waals surface area contributed by atoms with Gasteiger partial charge >= 0.3 is 0 Å². The maximum atomic E-state index is 10.5. The van der Waals surface area contributed by atoms with Crippen LogP contribution >= 0.6 is 0 Å². The molecule has 0 bridgehead atoms. The molecule has 0 aromatic heterocycles. The van der Waals surface area contributed by atoms with E-state index in [-0.39, 0.29) is 0 Å². The standard InChI is InChI=1S/C20H22N4O/c1-23(15-17-4-2-16(14-21)3-5-17)19-10-12-24(13-11-19)20-8-6-18(22-25)7-9-20/h2-9,19H,10-13,15H2,1H3. The lowest BCUT2D eigenvalue weighted by Crippen LogP contribution is -2.43. The van der Waals surface area contributed by atoms with Crippen LogP contribution in [0.1, 0.15) is 24.0 Å². The monoisotopic (exact) mass is 334 g/mol. The maximum absolute atomic E-state index is 10.5. The van der Waals surface area contributed by atoms with Gasteiger partial charge in [0.25, 0.3) is 0 Å². The van der Waals surface area contributed by atoms with Crippen molar-refractivity contribution in [2.24, 2.45) is 5.18 Å². The van der Waals surface area contributed by atoms with Gasteiger partial charge in [0.2, 0.25) is 0 Å². The van der Waals surface area contributed by atoms with Crippen molar-refractivity contribution in [3.63, 3.8) is 0 Å². The summed E-state index contributed by atoms with van der Waals surface area (Å²) >= 11 is 0. The quantitative estimate of drug-likeness (QED) is 0.774. The van der Waals surface area contributed by atoms with Gasteiger partial charge in [0.15, 0.2) is 0 Å². The van der Waals surface area contributed by atoms with Crippen molar-refractivity contribution < 1.29 is 0 Å². The largest absolute Gasteiger partial charge is 0.371 e. The molecule has 3 rings (SSSR count). The molecule has 0 amide bonds. The van der Waals surface area contributed by atoms with Gasteiger partial charge in [-0.2, -0.15) is 5.26 Å². The molecular formula is C20H22N4O. The third kappa shape index (κ3) is 4.23. The molecule has 0 spiro atoms. The zero-order chi connectivity index (χ0) is 17.6. The number of nitriles is 1. The lowest BCUT2D eigenvalue weighted by molar-refractivity contribution is 0.200. The van der Waals surface area contributed by atoms with E-state index in [0.29, 0.717) is 17.3 Å². The highest BCUT2D eigenvalue weighted by atomic mass is 16.3. The van der Waals surface area contributed by atoms with Gasteiger partial charge in [-0.05, 0) is 67.0 Å². The first kappa shape index (κ1) is 17.1. The Kier molecular flexibility index (Phi) is 5.42. The first-order valence-corrected chi connectivity index (χ1v) is 8.57. The summed E-state index contributed by atoms with van der Waals surface area (Å²) in [6.45, 7) is 2.92. The molecule has 25 heavy (non-hydrogen) atoms. The molecule has 0 N–H and O–H groups in total. The second-order valence-electron chi connectivity index (χ2n) is 6.55. The fraction of sp³-hybridized carbons (Fsp3) is 0.350. The van der Waals surface area contributed by atoms with Crippen LogP contribution in [-0.4, -0.2) is 31.1 Å². The third-order valence-electron chi connectivity index (χ3n) is 4.92. The van der Waals surface area contributed by atoms with Gasteiger partial charge in [0.1, 0.15) is 5.69 Å². The molecule has 128 valence electrons. The molecule has 1 aliphatic rings. The van der Waals surface area contributed by atoms with E-state index in [9.17, 15) is 4.91 Å². The van der Waals surface area contributed by atoms with Gasteiger partial charge in [0.05, 0.1) is 11.6 Å². The van der Waals surface area contributed by atoms with Crippen molar-refractivity contribution in [3.8, 4) is 6.07 Å². The van der Waals surface area contributed by atoms with Crippen LogP contribution in [0.25, 0.3) is 0 Å².